The number of nitrogens with zero attached hydrogens (tertiary/aromatic N) is 4. The van der Waals surface area contributed by atoms with Crippen molar-refractivity contribution < 1.29 is 9.47 Å². The minimum absolute atomic E-state index is 0.703. The summed E-state index contributed by atoms with van der Waals surface area (Å²) in [4.78, 5) is 11.7. The Morgan fingerprint density at radius 1 is 1.07 bits per heavy atom. The van der Waals surface area contributed by atoms with E-state index in [4.69, 9.17) is 14.5 Å². The maximum Gasteiger partial charge on any atom is 0.162 e. The molecule has 0 bridgehead atoms. The third-order valence-electron chi connectivity index (χ3n) is 4.94. The number of anilines is 1. The number of aromatic nitrogens is 3. The SMILES string of the molecule is COc1cc(CN2Cn3c(nc(C)c3C)-c3ncc(Br)cc32)cc(OC)c1. The predicted molar refractivity (Wildman–Crippen MR) is 108 cm³/mol. The molecule has 140 valence electrons. The molecule has 1 aromatic carbocycles. The quantitative estimate of drug-likeness (QED) is 0.619. The highest BCUT2D eigenvalue weighted by atomic mass is 79.9. The summed E-state index contributed by atoms with van der Waals surface area (Å²) in [5.41, 5.74) is 5.26. The lowest BCUT2D eigenvalue weighted by atomic mass is 10.1. The monoisotopic (exact) mass is 428 g/mol. The van der Waals surface area contributed by atoms with Crippen LogP contribution in [0.5, 0.6) is 11.5 Å². The molecule has 4 rings (SSSR count). The van der Waals surface area contributed by atoms with Gasteiger partial charge in [-0.2, -0.15) is 0 Å². The van der Waals surface area contributed by atoms with Crippen LogP contribution in [0.3, 0.4) is 0 Å². The van der Waals surface area contributed by atoms with Gasteiger partial charge in [-0.3, -0.25) is 0 Å². The number of pyridine rings is 1. The fraction of sp³-hybridized carbons (Fsp3) is 0.300. The normalized spacial score (nSPS) is 12.6. The molecule has 2 aromatic heterocycles. The summed E-state index contributed by atoms with van der Waals surface area (Å²) in [7, 11) is 3.33. The largest absolute Gasteiger partial charge is 0.497 e. The van der Waals surface area contributed by atoms with Crippen LogP contribution in [0.25, 0.3) is 11.5 Å². The molecular formula is C20H21BrN4O2. The van der Waals surface area contributed by atoms with Crippen LogP contribution in [0, 0.1) is 13.8 Å². The second kappa shape index (κ2) is 6.88. The molecule has 0 fully saturated rings. The molecule has 3 aromatic rings. The number of benzene rings is 1. The number of hydrogen-bond donors (Lipinski definition) is 0. The molecule has 0 N–H and O–H groups in total. The van der Waals surface area contributed by atoms with E-state index in [-0.39, 0.29) is 0 Å². The Balaban J connectivity index is 1.78. The topological polar surface area (TPSA) is 52.4 Å². The molecule has 0 aliphatic carbocycles. The van der Waals surface area contributed by atoms with Gasteiger partial charge in [0.15, 0.2) is 5.82 Å². The van der Waals surface area contributed by atoms with Gasteiger partial charge in [-0.1, -0.05) is 0 Å². The second-order valence-corrected chi connectivity index (χ2v) is 7.53. The van der Waals surface area contributed by atoms with Gasteiger partial charge < -0.3 is 18.9 Å². The highest BCUT2D eigenvalue weighted by molar-refractivity contribution is 9.10. The van der Waals surface area contributed by atoms with Crippen molar-refractivity contribution >= 4 is 21.6 Å². The van der Waals surface area contributed by atoms with Crippen LogP contribution in [0.4, 0.5) is 5.69 Å². The lowest BCUT2D eigenvalue weighted by molar-refractivity contribution is 0.393. The summed E-state index contributed by atoms with van der Waals surface area (Å²) in [5, 5.41) is 0. The molecule has 0 saturated heterocycles. The first-order valence-corrected chi connectivity index (χ1v) is 9.46. The van der Waals surface area contributed by atoms with Crippen molar-refractivity contribution in [2.24, 2.45) is 0 Å². The van der Waals surface area contributed by atoms with Gasteiger partial charge in [-0.05, 0) is 53.5 Å². The van der Waals surface area contributed by atoms with Crippen LogP contribution in [-0.4, -0.2) is 28.8 Å². The van der Waals surface area contributed by atoms with E-state index in [0.717, 1.165) is 50.1 Å². The van der Waals surface area contributed by atoms with Crippen molar-refractivity contribution in [1.29, 1.82) is 0 Å². The van der Waals surface area contributed by atoms with Gasteiger partial charge in [-0.25, -0.2) is 9.97 Å². The fourth-order valence-electron chi connectivity index (χ4n) is 3.41. The number of aryl methyl sites for hydroxylation is 1. The van der Waals surface area contributed by atoms with E-state index in [9.17, 15) is 0 Å². The molecule has 0 amide bonds. The van der Waals surface area contributed by atoms with Crippen LogP contribution in [0.1, 0.15) is 17.0 Å². The zero-order chi connectivity index (χ0) is 19.1. The lowest BCUT2D eigenvalue weighted by Crippen LogP contribution is -2.31. The maximum absolute atomic E-state index is 5.42. The van der Waals surface area contributed by atoms with E-state index in [1.54, 1.807) is 14.2 Å². The molecule has 6 nitrogen and oxygen atoms in total. The van der Waals surface area contributed by atoms with Gasteiger partial charge in [0.05, 0.1) is 32.3 Å². The number of imidazole rings is 1. The Bertz CT molecular complexity index is 993. The molecule has 0 spiro atoms. The average molecular weight is 429 g/mol. The van der Waals surface area contributed by atoms with Crippen LogP contribution in [0.2, 0.25) is 0 Å². The summed E-state index contributed by atoms with van der Waals surface area (Å²) in [6.07, 6.45) is 1.82. The average Bonchev–Trinajstić information content (AvgIpc) is 2.96. The van der Waals surface area contributed by atoms with Gasteiger partial charge in [-0.15, -0.1) is 0 Å². The van der Waals surface area contributed by atoms with Gasteiger partial charge in [0.2, 0.25) is 0 Å². The zero-order valence-corrected chi connectivity index (χ0v) is 17.4. The van der Waals surface area contributed by atoms with Gasteiger partial charge in [0.25, 0.3) is 0 Å². The first kappa shape index (κ1) is 17.9. The third-order valence-corrected chi connectivity index (χ3v) is 5.37. The minimum Gasteiger partial charge on any atom is -0.497 e. The van der Waals surface area contributed by atoms with E-state index in [2.05, 4.69) is 43.4 Å². The highest BCUT2D eigenvalue weighted by Gasteiger charge is 2.27. The van der Waals surface area contributed by atoms with Crippen LogP contribution < -0.4 is 14.4 Å². The molecule has 7 heteroatoms. The Morgan fingerprint density at radius 2 is 1.78 bits per heavy atom. The third kappa shape index (κ3) is 3.16. The molecule has 0 radical (unpaired) electrons. The van der Waals surface area contributed by atoms with Crippen LogP contribution in [0.15, 0.2) is 34.9 Å². The smallest absolute Gasteiger partial charge is 0.162 e. The van der Waals surface area contributed by atoms with Crippen LogP contribution >= 0.6 is 15.9 Å². The van der Waals surface area contributed by atoms with Gasteiger partial charge in [0, 0.05) is 29.0 Å². The molecule has 0 unspecified atom stereocenters. The Hall–Kier alpha value is -2.54. The molecule has 0 saturated carbocycles. The number of hydrogen-bond acceptors (Lipinski definition) is 5. The summed E-state index contributed by atoms with van der Waals surface area (Å²) in [6.45, 7) is 5.56. The van der Waals surface area contributed by atoms with E-state index < -0.39 is 0 Å². The number of methoxy groups -OCH3 is 2. The summed E-state index contributed by atoms with van der Waals surface area (Å²) in [6, 6.07) is 8.06. The van der Waals surface area contributed by atoms with E-state index in [1.807, 2.05) is 31.3 Å². The van der Waals surface area contributed by atoms with Crippen molar-refractivity contribution in [3.63, 3.8) is 0 Å². The Morgan fingerprint density at radius 3 is 2.44 bits per heavy atom. The summed E-state index contributed by atoms with van der Waals surface area (Å²) >= 11 is 3.55. The van der Waals surface area contributed by atoms with Crippen LogP contribution in [-0.2, 0) is 13.2 Å². The molecule has 27 heavy (non-hydrogen) atoms. The van der Waals surface area contributed by atoms with Crippen molar-refractivity contribution in [2.75, 3.05) is 19.1 Å². The van der Waals surface area contributed by atoms with Gasteiger partial charge >= 0.3 is 0 Å². The van der Waals surface area contributed by atoms with Crippen molar-refractivity contribution in [3.05, 3.63) is 51.9 Å². The lowest BCUT2D eigenvalue weighted by Gasteiger charge is -2.32. The Labute approximate surface area is 166 Å². The Kier molecular flexibility index (Phi) is 4.55. The summed E-state index contributed by atoms with van der Waals surface area (Å²) in [5.74, 6) is 2.49. The molecule has 1 aliphatic heterocycles. The van der Waals surface area contributed by atoms with E-state index in [1.165, 1.54) is 0 Å². The molecule has 1 aliphatic rings. The fourth-order valence-corrected chi connectivity index (χ4v) is 3.73. The number of rotatable bonds is 4. The van der Waals surface area contributed by atoms with Crippen molar-refractivity contribution in [3.8, 4) is 23.0 Å². The molecule has 0 atom stereocenters. The van der Waals surface area contributed by atoms with E-state index in [0.29, 0.717) is 13.2 Å². The van der Waals surface area contributed by atoms with Crippen molar-refractivity contribution in [2.45, 2.75) is 27.1 Å². The van der Waals surface area contributed by atoms with E-state index >= 15 is 0 Å². The van der Waals surface area contributed by atoms with Crippen molar-refractivity contribution in [1.82, 2.24) is 14.5 Å². The summed E-state index contributed by atoms with van der Waals surface area (Å²) < 4.78 is 14.0. The first-order valence-electron chi connectivity index (χ1n) is 8.66. The number of halogens is 1. The second-order valence-electron chi connectivity index (χ2n) is 6.62. The highest BCUT2D eigenvalue weighted by Crippen LogP contribution is 2.37. The molecular weight excluding hydrogens is 408 g/mol. The maximum atomic E-state index is 5.42. The van der Waals surface area contributed by atoms with Gasteiger partial charge in [0.1, 0.15) is 17.2 Å². The standard InChI is InChI=1S/C20H21BrN4O2/c1-12-13(2)25-11-24(10-14-5-16(26-3)8-17(6-14)27-4)18-7-15(21)9-22-19(18)20(25)23-12/h5-9H,10-11H2,1-4H3. The number of fused-ring (bicyclic) bond motifs is 3. The first-order chi connectivity index (χ1) is 13.0. The number of ether oxygens (including phenoxy) is 2. The molecule has 3 heterocycles. The zero-order valence-electron chi connectivity index (χ0n) is 15.8. The minimum atomic E-state index is 0.703. The predicted octanol–water partition coefficient (Wildman–Crippen LogP) is 4.32.